The van der Waals surface area contributed by atoms with Crippen LogP contribution in [-0.4, -0.2) is 51.2 Å². The average Bonchev–Trinajstić information content (AvgIpc) is 2.94. The zero-order valence-electron chi connectivity index (χ0n) is 21.0. The molecular weight excluding hydrogens is 492 g/mol. The van der Waals surface area contributed by atoms with Crippen LogP contribution in [0.2, 0.25) is 0 Å². The molecule has 0 atom stereocenters. The summed E-state index contributed by atoms with van der Waals surface area (Å²) in [5, 5.41) is 5.55. The molecule has 198 valence electrons. The van der Waals surface area contributed by atoms with Gasteiger partial charge in [-0.15, -0.1) is 0 Å². The Balaban J connectivity index is 1.61. The minimum absolute atomic E-state index is 0.0758. The van der Waals surface area contributed by atoms with Crippen LogP contribution in [0.1, 0.15) is 33.6 Å². The van der Waals surface area contributed by atoms with Gasteiger partial charge >= 0.3 is 11.9 Å². The molecule has 0 unspecified atom stereocenters. The zero-order valence-corrected chi connectivity index (χ0v) is 21.0. The smallest absolute Gasteiger partial charge is 0.308 e. The van der Waals surface area contributed by atoms with Crippen molar-refractivity contribution in [3.05, 3.63) is 83.9 Å². The zero-order chi connectivity index (χ0) is 27.3. The number of carbonyl (C=O) groups is 4. The van der Waals surface area contributed by atoms with Crippen molar-refractivity contribution in [2.24, 2.45) is 0 Å². The second kappa shape index (κ2) is 14.0. The Kier molecular flexibility index (Phi) is 10.2. The van der Waals surface area contributed by atoms with Crippen LogP contribution in [0.15, 0.2) is 72.8 Å². The molecule has 38 heavy (non-hydrogen) atoms. The van der Waals surface area contributed by atoms with Crippen molar-refractivity contribution in [2.75, 3.05) is 38.1 Å². The number of hydrogen-bond donors (Lipinski definition) is 2. The summed E-state index contributed by atoms with van der Waals surface area (Å²) in [5.41, 5.74) is 1.54. The summed E-state index contributed by atoms with van der Waals surface area (Å²) in [6.07, 6.45) is 0.152. The molecule has 10 nitrogen and oxygen atoms in total. The Morgan fingerprint density at radius 2 is 0.947 bits per heavy atom. The van der Waals surface area contributed by atoms with Crippen LogP contribution in [0.5, 0.6) is 11.5 Å². The third-order valence-corrected chi connectivity index (χ3v) is 5.26. The number of carbonyl (C=O) groups excluding carboxylic acids is 4. The number of methoxy groups -OCH3 is 2. The van der Waals surface area contributed by atoms with Gasteiger partial charge < -0.3 is 29.6 Å². The predicted molar refractivity (Wildman–Crippen MR) is 139 cm³/mol. The molecule has 3 aromatic carbocycles. The van der Waals surface area contributed by atoms with E-state index in [9.17, 15) is 19.2 Å². The number of benzene rings is 3. The van der Waals surface area contributed by atoms with Gasteiger partial charge in [0, 0.05) is 11.1 Å². The molecule has 0 heterocycles. The van der Waals surface area contributed by atoms with Crippen molar-refractivity contribution >= 4 is 35.1 Å². The quantitative estimate of drug-likeness (QED) is 0.342. The Labute approximate surface area is 219 Å². The van der Waals surface area contributed by atoms with Crippen molar-refractivity contribution in [3.8, 4) is 11.5 Å². The van der Waals surface area contributed by atoms with E-state index in [2.05, 4.69) is 20.1 Å². The highest BCUT2D eigenvalue weighted by Gasteiger charge is 2.14. The van der Waals surface area contributed by atoms with Gasteiger partial charge in [0.1, 0.15) is 11.5 Å². The molecule has 0 radical (unpaired) electrons. The van der Waals surface area contributed by atoms with Crippen molar-refractivity contribution < 1.29 is 38.1 Å². The number of amides is 2. The molecule has 0 aromatic heterocycles. The number of hydrogen-bond acceptors (Lipinski definition) is 8. The Morgan fingerprint density at radius 1 is 0.579 bits per heavy atom. The van der Waals surface area contributed by atoms with Crippen molar-refractivity contribution in [1.82, 2.24) is 0 Å². The van der Waals surface area contributed by atoms with E-state index >= 15 is 0 Å². The van der Waals surface area contributed by atoms with Crippen molar-refractivity contribution in [1.29, 1.82) is 0 Å². The number of ether oxygens (including phenoxy) is 4. The lowest BCUT2D eigenvalue weighted by atomic mass is 10.1. The van der Waals surface area contributed by atoms with E-state index in [-0.39, 0.29) is 26.1 Å². The van der Waals surface area contributed by atoms with Crippen molar-refractivity contribution in [2.45, 2.75) is 12.8 Å². The predicted octanol–water partition coefficient (Wildman–Crippen LogP) is 4.08. The molecule has 3 aromatic rings. The molecule has 0 saturated carbocycles. The molecule has 0 aliphatic rings. The number of anilines is 2. The summed E-state index contributed by atoms with van der Waals surface area (Å²) in [4.78, 5) is 48.2. The largest absolute Gasteiger partial charge is 0.491 e. The number of esters is 2. The first-order chi connectivity index (χ1) is 18.4. The molecule has 0 fully saturated rings. The second-order valence-electron chi connectivity index (χ2n) is 7.83. The van der Waals surface area contributed by atoms with E-state index in [1.807, 2.05) is 0 Å². The van der Waals surface area contributed by atoms with E-state index in [1.165, 1.54) is 38.5 Å². The normalized spacial score (nSPS) is 10.2. The van der Waals surface area contributed by atoms with Crippen LogP contribution in [0.3, 0.4) is 0 Å². The summed E-state index contributed by atoms with van der Waals surface area (Å²) in [6, 6.07) is 19.8. The Hall–Kier alpha value is -4.86. The fraction of sp³-hybridized carbons (Fsp3) is 0.214. The van der Waals surface area contributed by atoms with E-state index in [0.717, 1.165) is 0 Å². The van der Waals surface area contributed by atoms with Gasteiger partial charge in [-0.3, -0.25) is 19.2 Å². The molecule has 0 saturated heterocycles. The molecule has 3 rings (SSSR count). The summed E-state index contributed by atoms with van der Waals surface area (Å²) in [6.45, 7) is 0.200. The van der Waals surface area contributed by atoms with Gasteiger partial charge in [0.25, 0.3) is 11.8 Å². The monoisotopic (exact) mass is 520 g/mol. The number of nitrogens with one attached hydrogen (secondary N) is 2. The molecule has 0 aliphatic heterocycles. The van der Waals surface area contributed by atoms with Crippen LogP contribution < -0.4 is 20.1 Å². The fourth-order valence-electron chi connectivity index (χ4n) is 3.25. The molecule has 0 aliphatic carbocycles. The summed E-state index contributed by atoms with van der Waals surface area (Å²) >= 11 is 0. The summed E-state index contributed by atoms with van der Waals surface area (Å²) < 4.78 is 20.4. The standard InChI is InChI=1S/C28H28N2O8/c1-35-25(31)15-17-37-23-9-5-3-7-21(23)29-27(33)19-11-13-20(14-12-19)28(34)30-22-8-4-6-10-24(22)38-18-16-26(32)36-2/h3-14H,15-18H2,1-2H3,(H,29,33)(H,30,34). The van der Waals surface area contributed by atoms with Gasteiger partial charge in [-0.2, -0.15) is 0 Å². The maximum Gasteiger partial charge on any atom is 0.308 e. The lowest BCUT2D eigenvalue weighted by Gasteiger charge is -2.13. The van der Waals surface area contributed by atoms with Crippen LogP contribution in [0.25, 0.3) is 0 Å². The lowest BCUT2D eigenvalue weighted by Crippen LogP contribution is -2.16. The fourth-order valence-corrected chi connectivity index (χ4v) is 3.25. The maximum atomic E-state index is 12.8. The topological polar surface area (TPSA) is 129 Å². The minimum atomic E-state index is -0.398. The first kappa shape index (κ1) is 27.7. The maximum absolute atomic E-state index is 12.8. The highest BCUT2D eigenvalue weighted by Crippen LogP contribution is 2.26. The molecular formula is C28H28N2O8. The van der Waals surface area contributed by atoms with Crippen molar-refractivity contribution in [3.63, 3.8) is 0 Å². The first-order valence-corrected chi connectivity index (χ1v) is 11.7. The molecule has 2 amide bonds. The van der Waals surface area contributed by atoms with Gasteiger partial charge in [-0.05, 0) is 48.5 Å². The molecule has 10 heteroatoms. The Bertz CT molecular complexity index is 1180. The SMILES string of the molecule is COC(=O)CCOc1ccccc1NC(=O)c1ccc(C(=O)Nc2ccccc2OCCC(=O)OC)cc1. The average molecular weight is 521 g/mol. The third-order valence-electron chi connectivity index (χ3n) is 5.26. The Morgan fingerprint density at radius 3 is 1.32 bits per heavy atom. The summed E-state index contributed by atoms with van der Waals surface area (Å²) in [5.74, 6) is -0.771. The van der Waals surface area contributed by atoms with Gasteiger partial charge in [-0.25, -0.2) is 0 Å². The second-order valence-corrected chi connectivity index (χ2v) is 7.83. The molecule has 0 spiro atoms. The van der Waals surface area contributed by atoms with Gasteiger partial charge in [0.2, 0.25) is 0 Å². The van der Waals surface area contributed by atoms with E-state index in [1.54, 1.807) is 48.5 Å². The van der Waals surface area contributed by atoms with Crippen LogP contribution in [-0.2, 0) is 19.1 Å². The molecule has 2 N–H and O–H groups in total. The van der Waals surface area contributed by atoms with Crippen LogP contribution in [0.4, 0.5) is 11.4 Å². The van der Waals surface area contributed by atoms with Gasteiger partial charge in [-0.1, -0.05) is 24.3 Å². The van der Waals surface area contributed by atoms with E-state index < -0.39 is 23.8 Å². The van der Waals surface area contributed by atoms with E-state index in [0.29, 0.717) is 34.0 Å². The highest BCUT2D eigenvalue weighted by atomic mass is 16.5. The third kappa shape index (κ3) is 8.09. The first-order valence-electron chi connectivity index (χ1n) is 11.7. The number of rotatable bonds is 12. The number of para-hydroxylation sites is 4. The van der Waals surface area contributed by atoms with Crippen LogP contribution >= 0.6 is 0 Å². The highest BCUT2D eigenvalue weighted by molar-refractivity contribution is 6.07. The molecule has 0 bridgehead atoms. The van der Waals surface area contributed by atoms with Gasteiger partial charge in [0.05, 0.1) is 51.6 Å². The lowest BCUT2D eigenvalue weighted by molar-refractivity contribution is -0.142. The van der Waals surface area contributed by atoms with Gasteiger partial charge in [0.15, 0.2) is 0 Å². The minimum Gasteiger partial charge on any atom is -0.491 e. The summed E-state index contributed by atoms with van der Waals surface area (Å²) in [7, 11) is 2.60. The van der Waals surface area contributed by atoms with E-state index in [4.69, 9.17) is 9.47 Å². The van der Waals surface area contributed by atoms with Crippen LogP contribution in [0, 0.1) is 0 Å².